The Morgan fingerprint density at radius 2 is 2.00 bits per heavy atom. The summed E-state index contributed by atoms with van der Waals surface area (Å²) >= 11 is 1.27. The SMILES string of the molecule is Cc1snc([O-])c1C.[Y]. The molecule has 0 aliphatic carbocycles. The average molecular weight is 217 g/mol. The first-order valence-electron chi connectivity index (χ1n) is 2.31. The third kappa shape index (κ3) is 1.99. The second kappa shape index (κ2) is 3.64. The van der Waals surface area contributed by atoms with Crippen molar-refractivity contribution in [3.05, 3.63) is 10.4 Å². The predicted octanol–water partition coefficient (Wildman–Crippen LogP) is 0.831. The fraction of sp³-hybridized carbons (Fsp3) is 0.400. The van der Waals surface area contributed by atoms with Crippen molar-refractivity contribution in [1.82, 2.24) is 4.37 Å². The molecule has 4 heteroatoms. The van der Waals surface area contributed by atoms with Crippen LogP contribution >= 0.6 is 11.5 Å². The Kier molecular flexibility index (Phi) is 3.86. The van der Waals surface area contributed by atoms with Crippen LogP contribution in [-0.4, -0.2) is 4.37 Å². The van der Waals surface area contributed by atoms with Crippen molar-refractivity contribution in [1.29, 1.82) is 0 Å². The summed E-state index contributed by atoms with van der Waals surface area (Å²) in [6.07, 6.45) is 0. The zero-order valence-electron chi connectivity index (χ0n) is 5.34. The van der Waals surface area contributed by atoms with Crippen LogP contribution in [0.25, 0.3) is 0 Å². The molecule has 0 amide bonds. The molecule has 0 bridgehead atoms. The van der Waals surface area contributed by atoms with Gasteiger partial charge in [0.25, 0.3) is 0 Å². The van der Waals surface area contributed by atoms with E-state index in [1.165, 1.54) is 11.5 Å². The molecular weight excluding hydrogens is 211 g/mol. The Bertz CT molecular complexity index is 179. The molecule has 1 radical (unpaired) electrons. The van der Waals surface area contributed by atoms with Crippen molar-refractivity contribution in [3.63, 3.8) is 0 Å². The second-order valence-corrected chi connectivity index (χ2v) is 2.65. The zero-order valence-corrected chi connectivity index (χ0v) is 9.00. The van der Waals surface area contributed by atoms with Crippen LogP contribution < -0.4 is 5.11 Å². The smallest absolute Gasteiger partial charge is 0.0244 e. The molecule has 2 nitrogen and oxygen atoms in total. The van der Waals surface area contributed by atoms with E-state index < -0.39 is 0 Å². The van der Waals surface area contributed by atoms with Crippen molar-refractivity contribution < 1.29 is 37.8 Å². The van der Waals surface area contributed by atoms with Gasteiger partial charge >= 0.3 is 0 Å². The second-order valence-electron chi connectivity index (χ2n) is 1.67. The summed E-state index contributed by atoms with van der Waals surface area (Å²) in [5, 5.41) is 10.5. The first-order valence-corrected chi connectivity index (χ1v) is 3.09. The van der Waals surface area contributed by atoms with E-state index in [2.05, 4.69) is 4.37 Å². The van der Waals surface area contributed by atoms with Gasteiger partial charge in [-0.2, -0.15) is 0 Å². The monoisotopic (exact) mass is 217 g/mol. The Hall–Kier alpha value is 0.534. The summed E-state index contributed by atoms with van der Waals surface area (Å²) in [6, 6.07) is 0. The summed E-state index contributed by atoms with van der Waals surface area (Å²) in [4.78, 5) is 1.02. The van der Waals surface area contributed by atoms with Gasteiger partial charge < -0.3 is 5.11 Å². The van der Waals surface area contributed by atoms with Gasteiger partial charge in [0.2, 0.25) is 0 Å². The van der Waals surface area contributed by atoms with Gasteiger partial charge in [0, 0.05) is 43.5 Å². The molecule has 9 heavy (non-hydrogen) atoms. The molecule has 1 aromatic rings. The number of aryl methyl sites for hydroxylation is 1. The van der Waals surface area contributed by atoms with Crippen molar-refractivity contribution in [2.24, 2.45) is 0 Å². The van der Waals surface area contributed by atoms with E-state index in [0.717, 1.165) is 10.4 Å². The first-order chi connectivity index (χ1) is 3.72. The first kappa shape index (κ1) is 9.53. The molecule has 0 aliphatic heterocycles. The van der Waals surface area contributed by atoms with E-state index in [0.29, 0.717) is 0 Å². The molecule has 1 heterocycles. The molecule has 0 atom stereocenters. The molecule has 0 saturated heterocycles. The standard InChI is InChI=1S/C5H7NOS.Y/c1-3-4(2)8-6-5(3)7;/h1-2H3,(H,6,7);/p-1. The molecule has 0 fully saturated rings. The minimum Gasteiger partial charge on any atom is -0.858 e. The average Bonchev–Trinajstić information content (AvgIpc) is 1.98. The molecule has 0 unspecified atom stereocenters. The molecule has 0 aromatic carbocycles. The minimum absolute atomic E-state index is 0. The molecular formula is C5H6NOSY-. The zero-order chi connectivity index (χ0) is 6.15. The Morgan fingerprint density at radius 3 is 2.11 bits per heavy atom. The minimum atomic E-state index is -0.0764. The Morgan fingerprint density at radius 1 is 1.44 bits per heavy atom. The van der Waals surface area contributed by atoms with Gasteiger partial charge in [-0.05, 0) is 30.9 Å². The molecule has 47 valence electrons. The summed E-state index contributed by atoms with van der Waals surface area (Å²) in [5.41, 5.74) is 0.787. The van der Waals surface area contributed by atoms with Crippen LogP contribution in [0.3, 0.4) is 0 Å². The predicted molar refractivity (Wildman–Crippen MR) is 31.0 cm³/mol. The van der Waals surface area contributed by atoms with Crippen molar-refractivity contribution in [2.75, 3.05) is 0 Å². The van der Waals surface area contributed by atoms with Gasteiger partial charge in [-0.1, -0.05) is 0 Å². The summed E-state index contributed by atoms with van der Waals surface area (Å²) in [5.74, 6) is -0.0764. The molecule has 1 rings (SSSR count). The third-order valence-corrected chi connectivity index (χ3v) is 1.95. The van der Waals surface area contributed by atoms with E-state index in [4.69, 9.17) is 0 Å². The topological polar surface area (TPSA) is 36.0 Å². The van der Waals surface area contributed by atoms with Gasteiger partial charge in [-0.15, -0.1) is 0 Å². The number of aromatic nitrogens is 1. The van der Waals surface area contributed by atoms with Crippen LogP contribution in [0.4, 0.5) is 0 Å². The maximum Gasteiger partial charge on any atom is 0.0244 e. The van der Waals surface area contributed by atoms with E-state index in [1.54, 1.807) is 6.92 Å². The number of rotatable bonds is 0. The van der Waals surface area contributed by atoms with Gasteiger partial charge in [0.1, 0.15) is 0 Å². The molecule has 0 saturated carbocycles. The van der Waals surface area contributed by atoms with Crippen LogP contribution in [-0.2, 0) is 32.7 Å². The van der Waals surface area contributed by atoms with Crippen molar-refractivity contribution >= 4 is 11.5 Å². The van der Waals surface area contributed by atoms with Gasteiger partial charge in [-0.3, -0.25) is 0 Å². The molecule has 0 spiro atoms. The summed E-state index contributed by atoms with van der Waals surface area (Å²) < 4.78 is 3.60. The van der Waals surface area contributed by atoms with Gasteiger partial charge in [-0.25, -0.2) is 4.37 Å². The normalized spacial score (nSPS) is 8.67. The van der Waals surface area contributed by atoms with E-state index >= 15 is 0 Å². The van der Waals surface area contributed by atoms with Crippen LogP contribution in [0.15, 0.2) is 0 Å². The quantitative estimate of drug-likeness (QED) is 0.645. The fourth-order valence-corrected chi connectivity index (χ4v) is 0.978. The van der Waals surface area contributed by atoms with Crippen molar-refractivity contribution in [3.8, 4) is 5.88 Å². The summed E-state index contributed by atoms with van der Waals surface area (Å²) in [6.45, 7) is 3.69. The maximum absolute atomic E-state index is 10.5. The van der Waals surface area contributed by atoms with E-state index in [-0.39, 0.29) is 38.6 Å². The Labute approximate surface area is 83.3 Å². The fourth-order valence-electron chi connectivity index (χ4n) is 0.397. The third-order valence-electron chi connectivity index (χ3n) is 1.11. The maximum atomic E-state index is 10.5. The number of hydrogen-bond acceptors (Lipinski definition) is 3. The largest absolute Gasteiger partial charge is 0.858 e. The van der Waals surface area contributed by atoms with Crippen LogP contribution in [0.1, 0.15) is 10.4 Å². The van der Waals surface area contributed by atoms with E-state index in [9.17, 15) is 5.11 Å². The van der Waals surface area contributed by atoms with Crippen molar-refractivity contribution in [2.45, 2.75) is 13.8 Å². The van der Waals surface area contributed by atoms with Crippen LogP contribution in [0.2, 0.25) is 0 Å². The number of hydrogen-bond donors (Lipinski definition) is 0. The number of nitrogens with zero attached hydrogens (tertiary/aromatic N) is 1. The van der Waals surface area contributed by atoms with Gasteiger partial charge in [0.05, 0.1) is 0 Å². The van der Waals surface area contributed by atoms with Crippen LogP contribution in [0, 0.1) is 13.8 Å². The molecule has 0 N–H and O–H groups in total. The molecule has 0 aliphatic rings. The van der Waals surface area contributed by atoms with Crippen LogP contribution in [0.5, 0.6) is 5.88 Å². The molecule has 1 aromatic heterocycles. The van der Waals surface area contributed by atoms with E-state index in [1.807, 2.05) is 6.92 Å². The Balaban J connectivity index is 0.000000640. The van der Waals surface area contributed by atoms with Gasteiger partial charge in [0.15, 0.2) is 0 Å². The summed E-state index contributed by atoms with van der Waals surface area (Å²) in [7, 11) is 0.